The maximum atomic E-state index is 13.4. The molecular formula is C26H30N4O4. The lowest BCUT2D eigenvalue weighted by Gasteiger charge is -2.30. The van der Waals surface area contributed by atoms with Gasteiger partial charge in [-0.2, -0.15) is 0 Å². The molecule has 1 N–H and O–H groups in total. The summed E-state index contributed by atoms with van der Waals surface area (Å²) in [6, 6.07) is 16.0. The number of amides is 2. The second kappa shape index (κ2) is 11.2. The molecule has 1 aromatic carbocycles. The van der Waals surface area contributed by atoms with Gasteiger partial charge in [-0.1, -0.05) is 36.9 Å². The van der Waals surface area contributed by atoms with Gasteiger partial charge >= 0.3 is 0 Å². The van der Waals surface area contributed by atoms with Crippen LogP contribution in [0.25, 0.3) is 5.57 Å². The quantitative estimate of drug-likeness (QED) is 0.499. The van der Waals surface area contributed by atoms with E-state index in [2.05, 4.69) is 16.9 Å². The van der Waals surface area contributed by atoms with Gasteiger partial charge in [-0.25, -0.2) is 4.98 Å². The summed E-state index contributed by atoms with van der Waals surface area (Å²) in [4.78, 5) is 31.8. The number of aryl methyl sites for hydroxylation is 1. The Morgan fingerprint density at radius 3 is 2.47 bits per heavy atom. The molecule has 8 nitrogen and oxygen atoms in total. The topological polar surface area (TPSA) is 85.7 Å². The summed E-state index contributed by atoms with van der Waals surface area (Å²) in [6.07, 6.45) is 2.28. The van der Waals surface area contributed by atoms with Gasteiger partial charge in [0.2, 0.25) is 5.88 Å². The Kier molecular flexibility index (Phi) is 8.08. The number of methoxy groups -OCH3 is 2. The SMILES string of the molecule is C=C(c1ccccc1)[C@@H](CCNC(=O)c1cccn1C)N(C)C(=O)c1cc(OC)cc(OC)n1. The standard InChI is InChI=1S/C26H30N4O4/c1-18(19-10-7-6-8-11-19)22(13-14-27-25(31)23-12-9-15-29(23)2)30(3)26(32)21-16-20(33-4)17-24(28-21)34-5/h6-12,15-17,22H,1,13-14H2,2-5H3,(H,27,31)/t22-/m1/s1. The predicted octanol–water partition coefficient (Wildman–Crippen LogP) is 3.41. The van der Waals surface area contributed by atoms with Gasteiger partial charge < -0.3 is 24.3 Å². The van der Waals surface area contributed by atoms with Gasteiger partial charge in [-0.3, -0.25) is 9.59 Å². The first-order chi connectivity index (χ1) is 16.3. The van der Waals surface area contributed by atoms with Crippen molar-refractivity contribution in [3.05, 3.63) is 84.3 Å². The van der Waals surface area contributed by atoms with E-state index in [1.165, 1.54) is 14.2 Å². The van der Waals surface area contributed by atoms with Crippen molar-refractivity contribution in [2.45, 2.75) is 12.5 Å². The molecule has 2 amide bonds. The summed E-state index contributed by atoms with van der Waals surface area (Å²) >= 11 is 0. The van der Waals surface area contributed by atoms with Crippen LogP contribution >= 0.6 is 0 Å². The number of likely N-dealkylation sites (N-methyl/N-ethyl adjacent to an activating group) is 1. The molecule has 0 aliphatic heterocycles. The molecule has 34 heavy (non-hydrogen) atoms. The molecule has 2 aromatic heterocycles. The minimum absolute atomic E-state index is 0.176. The fourth-order valence-electron chi connectivity index (χ4n) is 3.69. The molecule has 0 saturated heterocycles. The number of benzene rings is 1. The van der Waals surface area contributed by atoms with Crippen LogP contribution < -0.4 is 14.8 Å². The van der Waals surface area contributed by atoms with Gasteiger partial charge in [0, 0.05) is 39.0 Å². The van der Waals surface area contributed by atoms with Crippen LogP contribution in [0.3, 0.4) is 0 Å². The van der Waals surface area contributed by atoms with Crippen LogP contribution in [0.4, 0.5) is 0 Å². The van der Waals surface area contributed by atoms with E-state index in [0.29, 0.717) is 24.4 Å². The molecule has 0 saturated carbocycles. The van der Waals surface area contributed by atoms with Crippen molar-refractivity contribution in [1.29, 1.82) is 0 Å². The Bertz CT molecular complexity index is 1130. The van der Waals surface area contributed by atoms with Crippen LogP contribution in [0.2, 0.25) is 0 Å². The van der Waals surface area contributed by atoms with E-state index >= 15 is 0 Å². The van der Waals surface area contributed by atoms with Crippen molar-refractivity contribution in [1.82, 2.24) is 19.8 Å². The first kappa shape index (κ1) is 24.6. The molecule has 0 bridgehead atoms. The zero-order valence-corrected chi connectivity index (χ0v) is 19.9. The molecule has 0 aliphatic carbocycles. The zero-order valence-electron chi connectivity index (χ0n) is 19.9. The molecule has 0 aliphatic rings. The molecule has 0 radical (unpaired) electrons. The Balaban J connectivity index is 1.82. The summed E-state index contributed by atoms with van der Waals surface area (Å²) in [5.74, 6) is 0.263. The monoisotopic (exact) mass is 462 g/mol. The Hall–Kier alpha value is -4.07. The van der Waals surface area contributed by atoms with Crippen molar-refractivity contribution in [2.24, 2.45) is 7.05 Å². The van der Waals surface area contributed by atoms with E-state index in [-0.39, 0.29) is 29.4 Å². The Morgan fingerprint density at radius 1 is 1.12 bits per heavy atom. The molecule has 1 atom stereocenters. The van der Waals surface area contributed by atoms with Gasteiger partial charge in [0.15, 0.2) is 0 Å². The van der Waals surface area contributed by atoms with Crippen LogP contribution in [0, 0.1) is 0 Å². The minimum atomic E-state index is -0.386. The first-order valence-electron chi connectivity index (χ1n) is 10.9. The number of carbonyl (C=O) groups is 2. The zero-order chi connectivity index (χ0) is 24.7. The van der Waals surface area contributed by atoms with Crippen LogP contribution in [0.1, 0.15) is 33.0 Å². The molecule has 8 heteroatoms. The third-order valence-corrected chi connectivity index (χ3v) is 5.65. The second-order valence-electron chi connectivity index (χ2n) is 7.81. The van der Waals surface area contributed by atoms with Crippen LogP contribution in [0.5, 0.6) is 11.6 Å². The molecule has 3 aromatic rings. The van der Waals surface area contributed by atoms with E-state index < -0.39 is 0 Å². The number of nitrogens with one attached hydrogen (secondary N) is 1. The van der Waals surface area contributed by atoms with Gasteiger partial charge in [-0.05, 0) is 29.7 Å². The van der Waals surface area contributed by atoms with E-state index in [1.807, 2.05) is 49.6 Å². The summed E-state index contributed by atoms with van der Waals surface area (Å²) in [6.45, 7) is 4.63. The van der Waals surface area contributed by atoms with Gasteiger partial charge in [0.1, 0.15) is 17.1 Å². The number of aromatic nitrogens is 2. The number of pyridine rings is 1. The predicted molar refractivity (Wildman–Crippen MR) is 131 cm³/mol. The maximum Gasteiger partial charge on any atom is 0.272 e. The summed E-state index contributed by atoms with van der Waals surface area (Å²) in [5.41, 5.74) is 2.43. The summed E-state index contributed by atoms with van der Waals surface area (Å²) < 4.78 is 12.3. The largest absolute Gasteiger partial charge is 0.496 e. The molecule has 3 rings (SSSR count). The highest BCUT2D eigenvalue weighted by Crippen LogP contribution is 2.25. The minimum Gasteiger partial charge on any atom is -0.496 e. The van der Waals surface area contributed by atoms with E-state index in [0.717, 1.165) is 11.1 Å². The smallest absolute Gasteiger partial charge is 0.272 e. The highest BCUT2D eigenvalue weighted by atomic mass is 16.5. The number of nitrogens with zero attached hydrogens (tertiary/aromatic N) is 3. The van der Waals surface area contributed by atoms with Crippen LogP contribution in [-0.2, 0) is 7.05 Å². The van der Waals surface area contributed by atoms with Crippen molar-refractivity contribution in [3.63, 3.8) is 0 Å². The fraction of sp³-hybridized carbons (Fsp3) is 0.269. The third kappa shape index (κ3) is 5.64. The maximum absolute atomic E-state index is 13.4. The van der Waals surface area contributed by atoms with Crippen molar-refractivity contribution in [2.75, 3.05) is 27.8 Å². The lowest BCUT2D eigenvalue weighted by molar-refractivity contribution is 0.0753. The lowest BCUT2D eigenvalue weighted by Crippen LogP contribution is -2.40. The molecule has 0 unspecified atom stereocenters. The number of hydrogen-bond donors (Lipinski definition) is 1. The summed E-state index contributed by atoms with van der Waals surface area (Å²) in [7, 11) is 6.52. The highest BCUT2D eigenvalue weighted by Gasteiger charge is 2.26. The molecule has 0 fully saturated rings. The third-order valence-electron chi connectivity index (χ3n) is 5.65. The number of carbonyl (C=O) groups excluding carboxylic acids is 2. The summed E-state index contributed by atoms with van der Waals surface area (Å²) in [5, 5.41) is 2.94. The first-order valence-corrected chi connectivity index (χ1v) is 10.9. The van der Waals surface area contributed by atoms with Crippen molar-refractivity contribution in [3.8, 4) is 11.6 Å². The van der Waals surface area contributed by atoms with E-state index in [1.54, 1.807) is 34.7 Å². The lowest BCUT2D eigenvalue weighted by atomic mass is 9.96. The average Bonchev–Trinajstić information content (AvgIpc) is 3.31. The molecule has 0 spiro atoms. The second-order valence-corrected chi connectivity index (χ2v) is 7.81. The molecule has 2 heterocycles. The van der Waals surface area contributed by atoms with Gasteiger partial charge in [-0.15, -0.1) is 0 Å². The van der Waals surface area contributed by atoms with Gasteiger partial charge in [0.25, 0.3) is 11.8 Å². The Morgan fingerprint density at radius 2 is 1.85 bits per heavy atom. The average molecular weight is 463 g/mol. The fourth-order valence-corrected chi connectivity index (χ4v) is 3.69. The molecule has 178 valence electrons. The van der Waals surface area contributed by atoms with Crippen molar-refractivity contribution >= 4 is 17.4 Å². The van der Waals surface area contributed by atoms with Crippen molar-refractivity contribution < 1.29 is 19.1 Å². The van der Waals surface area contributed by atoms with E-state index in [9.17, 15) is 9.59 Å². The normalized spacial score (nSPS) is 11.4. The number of ether oxygens (including phenoxy) is 2. The van der Waals surface area contributed by atoms with E-state index in [4.69, 9.17) is 9.47 Å². The van der Waals surface area contributed by atoms with Gasteiger partial charge in [0.05, 0.1) is 20.3 Å². The highest BCUT2D eigenvalue weighted by molar-refractivity contribution is 5.94. The number of rotatable bonds is 10. The Labute approximate surface area is 199 Å². The molecular weight excluding hydrogens is 432 g/mol. The van der Waals surface area contributed by atoms with Crippen LogP contribution in [-0.4, -0.2) is 60.1 Å². The number of hydrogen-bond acceptors (Lipinski definition) is 5. The van der Waals surface area contributed by atoms with Crippen LogP contribution in [0.15, 0.2) is 67.4 Å².